The summed E-state index contributed by atoms with van der Waals surface area (Å²) in [4.78, 5) is 19.9. The first kappa shape index (κ1) is 19.9. The van der Waals surface area contributed by atoms with E-state index in [0.717, 1.165) is 32.0 Å². The van der Waals surface area contributed by atoms with Gasteiger partial charge in [0.1, 0.15) is 0 Å². The number of amides is 1. The molecule has 3 aliphatic rings. The average molecular weight is 385 g/mol. The molecule has 0 bridgehead atoms. The third kappa shape index (κ3) is 4.58. The zero-order valence-electron chi connectivity index (χ0n) is 17.6. The van der Waals surface area contributed by atoms with Crippen molar-refractivity contribution in [2.24, 2.45) is 11.3 Å². The Morgan fingerprint density at radius 1 is 1.25 bits per heavy atom. The van der Waals surface area contributed by atoms with Crippen molar-refractivity contribution < 1.29 is 4.79 Å². The lowest BCUT2D eigenvalue weighted by Gasteiger charge is -2.45. The fourth-order valence-electron chi connectivity index (χ4n) is 5.53. The Morgan fingerprint density at radius 2 is 2.07 bits per heavy atom. The van der Waals surface area contributed by atoms with Crippen molar-refractivity contribution in [2.75, 3.05) is 59.9 Å². The van der Waals surface area contributed by atoms with Gasteiger partial charge in [-0.25, -0.2) is 0 Å². The van der Waals surface area contributed by atoms with E-state index in [1.807, 2.05) is 19.0 Å². The van der Waals surface area contributed by atoms with E-state index in [4.69, 9.17) is 0 Å². The van der Waals surface area contributed by atoms with E-state index in [2.05, 4.69) is 39.4 Å². The van der Waals surface area contributed by atoms with E-state index in [1.54, 1.807) is 0 Å². The lowest BCUT2D eigenvalue weighted by atomic mass is 9.74. The molecule has 1 N–H and O–H groups in total. The molecule has 2 atom stereocenters. The molecule has 0 radical (unpaired) electrons. The quantitative estimate of drug-likeness (QED) is 0.860. The van der Waals surface area contributed by atoms with Gasteiger partial charge in [0.25, 0.3) is 0 Å². The third-order valence-electron chi connectivity index (χ3n) is 6.79. The first-order valence-corrected chi connectivity index (χ1v) is 11.0. The minimum atomic E-state index is 0.193. The highest BCUT2D eigenvalue weighted by atomic mass is 16.2. The van der Waals surface area contributed by atoms with Gasteiger partial charge in [0.15, 0.2) is 0 Å². The number of likely N-dealkylation sites (tertiary alicyclic amines) is 1. The Labute approximate surface area is 170 Å². The van der Waals surface area contributed by atoms with Gasteiger partial charge < -0.3 is 20.0 Å². The van der Waals surface area contributed by atoms with Crippen molar-refractivity contribution in [1.82, 2.24) is 20.0 Å². The number of rotatable bonds is 4. The van der Waals surface area contributed by atoms with Crippen LogP contribution in [0.1, 0.15) is 30.4 Å². The van der Waals surface area contributed by atoms with Crippen LogP contribution in [0.15, 0.2) is 24.3 Å². The number of carbonyl (C=O) groups excluding carboxylic acids is 1. The van der Waals surface area contributed by atoms with Crippen molar-refractivity contribution in [1.29, 1.82) is 0 Å². The van der Waals surface area contributed by atoms with Gasteiger partial charge >= 0.3 is 0 Å². The molecule has 0 aromatic heterocycles. The maximum absolute atomic E-state index is 13.0. The molecule has 1 aromatic rings. The molecule has 1 amide bonds. The number of carbonyl (C=O) groups is 1. The number of fused-ring (bicyclic) bond motifs is 1. The Kier molecular flexibility index (Phi) is 6.04. The number of hydrogen-bond donors (Lipinski definition) is 1. The van der Waals surface area contributed by atoms with Gasteiger partial charge in [-0.3, -0.25) is 4.79 Å². The van der Waals surface area contributed by atoms with Gasteiger partial charge in [0, 0.05) is 31.6 Å². The van der Waals surface area contributed by atoms with Crippen LogP contribution in [0.3, 0.4) is 0 Å². The maximum Gasteiger partial charge on any atom is 0.237 e. The normalized spacial score (nSPS) is 28.5. The summed E-state index contributed by atoms with van der Waals surface area (Å²) >= 11 is 0. The summed E-state index contributed by atoms with van der Waals surface area (Å²) in [5.74, 6) is 1.05. The Morgan fingerprint density at radius 3 is 2.82 bits per heavy atom. The second kappa shape index (κ2) is 8.52. The zero-order chi connectivity index (χ0) is 19.6. The molecule has 2 saturated heterocycles. The number of nitrogens with zero attached hydrogens (tertiary/aromatic N) is 3. The van der Waals surface area contributed by atoms with E-state index >= 15 is 0 Å². The van der Waals surface area contributed by atoms with Crippen molar-refractivity contribution in [3.8, 4) is 0 Å². The lowest BCUT2D eigenvalue weighted by Crippen LogP contribution is -2.52. The molecule has 2 unspecified atom stereocenters. The molecule has 4 rings (SSSR count). The summed E-state index contributed by atoms with van der Waals surface area (Å²) in [6, 6.07) is 8.78. The number of nitrogens with one attached hydrogen (secondary N) is 1. The summed E-state index contributed by atoms with van der Waals surface area (Å²) in [5.41, 5.74) is 2.98. The van der Waals surface area contributed by atoms with Gasteiger partial charge in [0.2, 0.25) is 5.91 Å². The van der Waals surface area contributed by atoms with Crippen LogP contribution in [-0.2, 0) is 17.8 Å². The van der Waals surface area contributed by atoms with Crippen LogP contribution in [0.2, 0.25) is 0 Å². The fraction of sp³-hybridized carbons (Fsp3) is 0.696. The van der Waals surface area contributed by atoms with Gasteiger partial charge in [-0.05, 0) is 76.5 Å². The minimum Gasteiger partial charge on any atom is -0.337 e. The highest BCUT2D eigenvalue weighted by Gasteiger charge is 2.41. The number of piperidine rings is 1. The van der Waals surface area contributed by atoms with E-state index in [-0.39, 0.29) is 11.3 Å². The monoisotopic (exact) mass is 384 g/mol. The van der Waals surface area contributed by atoms with E-state index in [1.165, 1.54) is 56.6 Å². The largest absolute Gasteiger partial charge is 0.337 e. The topological polar surface area (TPSA) is 38.8 Å². The summed E-state index contributed by atoms with van der Waals surface area (Å²) in [5, 5.41) is 3.51. The van der Waals surface area contributed by atoms with Crippen LogP contribution in [-0.4, -0.2) is 80.5 Å². The van der Waals surface area contributed by atoms with Crippen LogP contribution in [0.25, 0.3) is 0 Å². The Hall–Kier alpha value is -1.43. The molecule has 2 fully saturated rings. The predicted octanol–water partition coefficient (Wildman–Crippen LogP) is 1.82. The molecule has 5 heteroatoms. The van der Waals surface area contributed by atoms with E-state index in [9.17, 15) is 4.79 Å². The number of benzene rings is 1. The molecule has 154 valence electrons. The van der Waals surface area contributed by atoms with Gasteiger partial charge in [0.05, 0.1) is 6.54 Å². The summed E-state index contributed by atoms with van der Waals surface area (Å²) in [7, 11) is 3.97. The molecule has 0 saturated carbocycles. The minimum absolute atomic E-state index is 0.193. The zero-order valence-corrected chi connectivity index (χ0v) is 17.6. The van der Waals surface area contributed by atoms with Crippen LogP contribution in [0.4, 0.5) is 0 Å². The van der Waals surface area contributed by atoms with Gasteiger partial charge in [-0.15, -0.1) is 0 Å². The van der Waals surface area contributed by atoms with E-state index in [0.29, 0.717) is 6.54 Å². The molecule has 1 spiro atoms. The second-order valence-electron chi connectivity index (χ2n) is 9.63. The van der Waals surface area contributed by atoms with Gasteiger partial charge in [-0.2, -0.15) is 0 Å². The average Bonchev–Trinajstić information content (AvgIpc) is 3.09. The molecule has 5 nitrogen and oxygen atoms in total. The lowest BCUT2D eigenvalue weighted by molar-refractivity contribution is -0.134. The highest BCUT2D eigenvalue weighted by Crippen LogP contribution is 2.38. The smallest absolute Gasteiger partial charge is 0.237 e. The molecule has 28 heavy (non-hydrogen) atoms. The van der Waals surface area contributed by atoms with Crippen LogP contribution in [0.5, 0.6) is 0 Å². The fourth-order valence-corrected chi connectivity index (χ4v) is 5.53. The summed E-state index contributed by atoms with van der Waals surface area (Å²) in [6.07, 6.45) is 4.89. The van der Waals surface area contributed by atoms with Crippen molar-refractivity contribution in [2.45, 2.75) is 32.2 Å². The maximum atomic E-state index is 13.0. The van der Waals surface area contributed by atoms with Crippen LogP contribution >= 0.6 is 0 Å². The summed E-state index contributed by atoms with van der Waals surface area (Å²) < 4.78 is 0. The molecular weight excluding hydrogens is 348 g/mol. The highest BCUT2D eigenvalue weighted by molar-refractivity contribution is 5.78. The standard InChI is InChI=1S/C23H36N4O/c1-25(2)16-22(28)27-15-21-7-4-3-6-20(21)12-23(18-27)9-5-11-26(17-23)14-19-8-10-24-13-19/h3-4,6-7,19,24H,5,8-18H2,1-2H3. The number of likely N-dealkylation sites (N-methyl/N-ethyl adjacent to an activating group) is 1. The SMILES string of the molecule is CN(C)CC(=O)N1Cc2ccccc2CC2(CCCN(CC3CCNC3)C2)C1. The van der Waals surface area contributed by atoms with Gasteiger partial charge in [-0.1, -0.05) is 24.3 Å². The Bertz CT molecular complexity index is 685. The first-order chi connectivity index (χ1) is 13.5. The second-order valence-corrected chi connectivity index (χ2v) is 9.63. The van der Waals surface area contributed by atoms with Crippen LogP contribution < -0.4 is 5.32 Å². The van der Waals surface area contributed by atoms with Crippen molar-refractivity contribution >= 4 is 5.91 Å². The summed E-state index contributed by atoms with van der Waals surface area (Å²) in [6.45, 7) is 8.04. The Balaban J connectivity index is 1.56. The molecule has 0 aliphatic carbocycles. The first-order valence-electron chi connectivity index (χ1n) is 11.0. The number of hydrogen-bond acceptors (Lipinski definition) is 4. The predicted molar refractivity (Wildman–Crippen MR) is 113 cm³/mol. The third-order valence-corrected chi connectivity index (χ3v) is 6.79. The molecule has 3 heterocycles. The molecule has 1 aromatic carbocycles. The molecule has 3 aliphatic heterocycles. The van der Waals surface area contributed by atoms with Crippen molar-refractivity contribution in [3.63, 3.8) is 0 Å². The van der Waals surface area contributed by atoms with E-state index < -0.39 is 0 Å². The van der Waals surface area contributed by atoms with Crippen LogP contribution in [0, 0.1) is 11.3 Å². The molecular formula is C23H36N4O. The van der Waals surface area contributed by atoms with Crippen molar-refractivity contribution in [3.05, 3.63) is 35.4 Å².